The third-order valence-corrected chi connectivity index (χ3v) is 8.83. The fourth-order valence-electron chi connectivity index (χ4n) is 2.66. The molecule has 34 heavy (non-hydrogen) atoms. The van der Waals surface area contributed by atoms with Crippen LogP contribution in [-0.2, 0) is 32.5 Å². The molecule has 1 aliphatic rings. The number of rotatable bonds is 12. The minimum Gasteiger partial charge on any atom is -0.387 e. The second kappa shape index (κ2) is 12.9. The maximum absolute atomic E-state index is 14.8. The molecular weight excluding hydrogens is 505 g/mol. The first-order chi connectivity index (χ1) is 15.5. The highest BCUT2D eigenvalue weighted by Gasteiger charge is 2.53. The van der Waals surface area contributed by atoms with E-state index in [1.807, 2.05) is 0 Å². The van der Waals surface area contributed by atoms with Gasteiger partial charge in [-0.25, -0.2) is 8.96 Å². The molecule has 1 fully saturated rings. The Morgan fingerprint density at radius 2 is 1.53 bits per heavy atom. The molecule has 1 saturated heterocycles. The van der Waals surface area contributed by atoms with E-state index >= 15 is 0 Å². The highest BCUT2D eigenvalue weighted by Crippen LogP contribution is 2.50. The molecule has 0 bridgehead atoms. The van der Waals surface area contributed by atoms with Crippen molar-refractivity contribution in [1.82, 2.24) is 0 Å². The maximum Gasteiger partial charge on any atom is 0.474 e. The van der Waals surface area contributed by atoms with Crippen molar-refractivity contribution in [1.29, 1.82) is 0 Å². The average Bonchev–Trinajstić information content (AvgIpc) is 2.95. The average molecular weight is 542 g/mol. The number of carbonyl (C=O) groups is 2. The lowest BCUT2D eigenvalue weighted by Crippen LogP contribution is -2.43. The molecule has 8 nitrogen and oxygen atoms in total. The Hall–Kier alpha value is -0.195. The van der Waals surface area contributed by atoms with Crippen LogP contribution in [0.25, 0.3) is 0 Å². The summed E-state index contributed by atoms with van der Waals surface area (Å²) in [5.74, 6) is 0.432. The van der Waals surface area contributed by atoms with Gasteiger partial charge in [0, 0.05) is 22.3 Å². The number of hydrogen-bond donors (Lipinski definition) is 1. The molecular formula is C21H37BFO8PS2. The van der Waals surface area contributed by atoms with Gasteiger partial charge in [-0.15, -0.1) is 0 Å². The molecule has 0 aromatic heterocycles. The number of phosphoric ester groups is 1. The van der Waals surface area contributed by atoms with E-state index in [-0.39, 0.29) is 35.0 Å². The van der Waals surface area contributed by atoms with Crippen LogP contribution in [0.5, 0.6) is 0 Å². The van der Waals surface area contributed by atoms with Gasteiger partial charge in [0.25, 0.3) is 0 Å². The molecule has 13 heteroatoms. The summed E-state index contributed by atoms with van der Waals surface area (Å²) >= 11 is 2.07. The second-order valence-electron chi connectivity index (χ2n) is 9.97. The van der Waals surface area contributed by atoms with E-state index in [1.165, 1.54) is 7.85 Å². The lowest BCUT2D eigenvalue weighted by Gasteiger charge is -2.23. The lowest BCUT2D eigenvalue weighted by atomic mass is 9.82. The van der Waals surface area contributed by atoms with Gasteiger partial charge in [-0.2, -0.15) is 0 Å². The zero-order valence-electron chi connectivity index (χ0n) is 21.0. The number of ether oxygens (including phenoxy) is 1. The lowest BCUT2D eigenvalue weighted by molar-refractivity contribution is -0.118. The molecule has 0 aliphatic carbocycles. The normalized spacial score (nSPS) is 25.9. The summed E-state index contributed by atoms with van der Waals surface area (Å²) in [5.41, 5.74) is -3.24. The van der Waals surface area contributed by atoms with Crippen LogP contribution >= 0.6 is 31.3 Å². The predicted octanol–water partition coefficient (Wildman–Crippen LogP) is 3.37. The van der Waals surface area contributed by atoms with Crippen LogP contribution in [0.15, 0.2) is 12.7 Å². The number of aliphatic hydroxyl groups excluding tert-OH is 1. The Bertz CT molecular complexity index is 735. The van der Waals surface area contributed by atoms with Crippen LogP contribution in [0.2, 0.25) is 0 Å². The molecule has 4 atom stereocenters. The van der Waals surface area contributed by atoms with Gasteiger partial charge in [0.15, 0.2) is 15.9 Å². The number of aliphatic hydroxyl groups is 1. The maximum atomic E-state index is 14.8. The molecule has 1 heterocycles. The van der Waals surface area contributed by atoms with Crippen molar-refractivity contribution in [3.05, 3.63) is 12.7 Å². The third kappa shape index (κ3) is 9.35. The molecule has 0 aromatic rings. The second-order valence-corrected chi connectivity index (χ2v) is 13.8. The summed E-state index contributed by atoms with van der Waals surface area (Å²) in [6, 6.07) is -0.977. The zero-order chi connectivity index (χ0) is 26.4. The van der Waals surface area contributed by atoms with Crippen molar-refractivity contribution >= 4 is 49.4 Å². The Balaban J connectivity index is 2.72. The van der Waals surface area contributed by atoms with Crippen molar-refractivity contribution in [3.8, 4) is 0 Å². The van der Waals surface area contributed by atoms with Crippen molar-refractivity contribution in [3.63, 3.8) is 0 Å². The Labute approximate surface area is 211 Å². The van der Waals surface area contributed by atoms with Gasteiger partial charge in [0.1, 0.15) is 20.1 Å². The molecule has 0 saturated carbocycles. The zero-order valence-corrected chi connectivity index (χ0v) is 23.5. The molecule has 1 rings (SSSR count). The smallest absolute Gasteiger partial charge is 0.387 e. The first kappa shape index (κ1) is 31.8. The topological polar surface area (TPSA) is 108 Å². The Kier molecular flexibility index (Phi) is 12.0. The molecule has 196 valence electrons. The van der Waals surface area contributed by atoms with Gasteiger partial charge < -0.3 is 9.84 Å². The minimum atomic E-state index is -4.16. The number of halogens is 1. The first-order valence-corrected chi connectivity index (χ1v) is 14.4. The summed E-state index contributed by atoms with van der Waals surface area (Å²) in [6.45, 7) is 13.5. The summed E-state index contributed by atoms with van der Waals surface area (Å²) in [6.07, 6.45) is -1.72. The molecule has 0 aromatic carbocycles. The van der Waals surface area contributed by atoms with E-state index in [2.05, 4.69) is 6.58 Å². The monoisotopic (exact) mass is 542 g/mol. The van der Waals surface area contributed by atoms with Crippen LogP contribution in [0.1, 0.15) is 41.5 Å². The van der Waals surface area contributed by atoms with Crippen molar-refractivity contribution in [2.45, 2.75) is 65.4 Å². The quantitative estimate of drug-likeness (QED) is 0.171. The van der Waals surface area contributed by atoms with E-state index in [4.69, 9.17) is 18.3 Å². The molecule has 0 radical (unpaired) electrons. The summed E-state index contributed by atoms with van der Waals surface area (Å²) in [5, 5.41) is 10.2. The summed E-state index contributed by atoms with van der Waals surface area (Å²) in [7, 11) is -2.71. The van der Waals surface area contributed by atoms with Crippen LogP contribution in [0.4, 0.5) is 4.39 Å². The van der Waals surface area contributed by atoms with E-state index in [9.17, 15) is 23.7 Å². The largest absolute Gasteiger partial charge is 0.474 e. The highest BCUT2D eigenvalue weighted by molar-refractivity contribution is 8.14. The molecule has 0 spiro atoms. The summed E-state index contributed by atoms with van der Waals surface area (Å²) in [4.78, 5) is 24.1. The fraction of sp³-hybridized carbons (Fsp3) is 0.810. The van der Waals surface area contributed by atoms with E-state index in [1.54, 1.807) is 41.5 Å². The van der Waals surface area contributed by atoms with Gasteiger partial charge in [0.2, 0.25) is 0 Å². The van der Waals surface area contributed by atoms with Crippen LogP contribution in [0.3, 0.4) is 0 Å². The number of hydrogen-bond acceptors (Lipinski definition) is 10. The highest BCUT2D eigenvalue weighted by atomic mass is 32.2. The van der Waals surface area contributed by atoms with Crippen molar-refractivity contribution < 1.29 is 42.0 Å². The van der Waals surface area contributed by atoms with Gasteiger partial charge in [0.05, 0.1) is 25.8 Å². The van der Waals surface area contributed by atoms with Crippen LogP contribution < -0.4 is 0 Å². The SMILES string of the molecule is B[C@@H]1O[C@H](COP(=O)(OCCSC(=O)C(C)(C)C)OCCSC(=O)C(C)(C)C)[C@@H](O)[C@]1(F)C=C. The fourth-order valence-corrected chi connectivity index (χ4v) is 5.66. The van der Waals surface area contributed by atoms with Crippen LogP contribution in [-0.4, -0.2) is 78.4 Å². The van der Waals surface area contributed by atoms with E-state index < -0.39 is 49.1 Å². The standard InChI is InChI=1S/C21H37BFO8PS2/c1-8-21(23)15(24)14(31-16(21)22)13-30-32(27,28-9-11-33-17(25)19(2,3)4)29-10-12-34-18(26)20(5,6)7/h8,14-16,24H,1,9-13,22H2,2-7H3/t14-,15-,16-,21-/m1/s1. The van der Waals surface area contributed by atoms with Gasteiger partial charge in [-0.05, 0) is 0 Å². The molecule has 0 unspecified atom stereocenters. The molecule has 0 amide bonds. The van der Waals surface area contributed by atoms with Gasteiger partial charge >= 0.3 is 7.82 Å². The Morgan fingerprint density at radius 3 is 1.88 bits per heavy atom. The Morgan fingerprint density at radius 1 is 1.09 bits per heavy atom. The van der Waals surface area contributed by atoms with Gasteiger partial charge in [-0.1, -0.05) is 77.7 Å². The van der Waals surface area contributed by atoms with E-state index in [0.717, 1.165) is 29.6 Å². The number of alkyl halides is 1. The minimum absolute atomic E-state index is 0.0509. The van der Waals surface area contributed by atoms with Gasteiger partial charge in [-0.3, -0.25) is 23.2 Å². The van der Waals surface area contributed by atoms with E-state index in [0.29, 0.717) is 0 Å². The van der Waals surface area contributed by atoms with Crippen molar-refractivity contribution in [2.24, 2.45) is 10.8 Å². The summed E-state index contributed by atoms with van der Waals surface area (Å²) < 4.78 is 49.4. The third-order valence-electron chi connectivity index (χ3n) is 4.87. The molecule has 1 aliphatic heterocycles. The molecule has 1 N–H and O–H groups in total. The number of phosphoric acid groups is 1. The first-order valence-electron chi connectivity index (χ1n) is 11.0. The number of thioether (sulfide) groups is 2. The van der Waals surface area contributed by atoms with Crippen molar-refractivity contribution in [2.75, 3.05) is 31.3 Å². The predicted molar refractivity (Wildman–Crippen MR) is 137 cm³/mol. The number of carbonyl (C=O) groups excluding carboxylic acids is 2. The van der Waals surface area contributed by atoms with Crippen LogP contribution in [0, 0.1) is 10.8 Å².